The molecule has 3 atom stereocenters. The predicted molar refractivity (Wildman–Crippen MR) is 160 cm³/mol. The molecule has 204 valence electrons. The van der Waals surface area contributed by atoms with Crippen LogP contribution in [0.4, 0.5) is 0 Å². The molecule has 3 aliphatic rings. The Bertz CT molecular complexity index is 1250. The van der Waals surface area contributed by atoms with Crippen molar-refractivity contribution in [2.24, 2.45) is 17.3 Å². The molecule has 2 aliphatic carbocycles. The molecule has 2 aromatic carbocycles. The van der Waals surface area contributed by atoms with E-state index in [0.717, 1.165) is 50.4 Å². The lowest BCUT2D eigenvalue weighted by molar-refractivity contribution is 0.0385. The number of hydrogen-bond donors (Lipinski definition) is 0. The van der Waals surface area contributed by atoms with Gasteiger partial charge in [0.05, 0.1) is 13.2 Å². The second-order valence-electron chi connectivity index (χ2n) is 14.3. The standard InChI is InChI=1S/C36H48O2/c1-24-17-26-21-27-18-25(2)20-31(35(6,7)8)33(27)38-23-29-14-10-12-16-36(29)15-11-9-13-28(36)22-37-32(26)30(19-24)34(3,4)5/h9,11-12,16-20,28-29H,10,13-15,21-23H2,1-8H3. The van der Waals surface area contributed by atoms with E-state index < -0.39 is 0 Å². The van der Waals surface area contributed by atoms with Gasteiger partial charge in [-0.15, -0.1) is 0 Å². The molecule has 1 aliphatic heterocycles. The predicted octanol–water partition coefficient (Wildman–Crippen LogP) is 9.18. The molecule has 0 fully saturated rings. The van der Waals surface area contributed by atoms with E-state index in [1.165, 1.54) is 39.8 Å². The molecule has 0 bridgehead atoms. The summed E-state index contributed by atoms with van der Waals surface area (Å²) in [5, 5.41) is 0. The maximum absolute atomic E-state index is 7.03. The Balaban J connectivity index is 1.74. The number of allylic oxidation sites excluding steroid dienone is 4. The third kappa shape index (κ3) is 5.08. The van der Waals surface area contributed by atoms with Crippen molar-refractivity contribution >= 4 is 0 Å². The Morgan fingerprint density at radius 1 is 0.711 bits per heavy atom. The minimum atomic E-state index is -0.00684. The van der Waals surface area contributed by atoms with E-state index in [0.29, 0.717) is 11.8 Å². The highest BCUT2D eigenvalue weighted by atomic mass is 16.5. The molecule has 1 spiro atoms. The van der Waals surface area contributed by atoms with E-state index in [9.17, 15) is 0 Å². The van der Waals surface area contributed by atoms with Gasteiger partial charge in [0.1, 0.15) is 11.5 Å². The van der Waals surface area contributed by atoms with E-state index in [1.807, 2.05) is 0 Å². The first-order valence-corrected chi connectivity index (χ1v) is 14.7. The summed E-state index contributed by atoms with van der Waals surface area (Å²) in [6, 6.07) is 9.39. The van der Waals surface area contributed by atoms with Gasteiger partial charge in [-0.05, 0) is 61.5 Å². The number of rotatable bonds is 0. The second kappa shape index (κ2) is 9.92. The Morgan fingerprint density at radius 2 is 1.26 bits per heavy atom. The van der Waals surface area contributed by atoms with Crippen LogP contribution in [0.2, 0.25) is 0 Å². The molecule has 2 heteroatoms. The van der Waals surface area contributed by atoms with Crippen LogP contribution in [0.15, 0.2) is 48.6 Å². The zero-order chi connectivity index (χ0) is 27.3. The molecule has 0 saturated carbocycles. The van der Waals surface area contributed by atoms with E-state index >= 15 is 0 Å². The molecule has 3 unspecified atom stereocenters. The maximum atomic E-state index is 7.03. The van der Waals surface area contributed by atoms with Crippen LogP contribution in [0.3, 0.4) is 0 Å². The number of benzene rings is 2. The summed E-state index contributed by atoms with van der Waals surface area (Å²) in [7, 11) is 0. The van der Waals surface area contributed by atoms with Gasteiger partial charge in [-0.25, -0.2) is 0 Å². The summed E-state index contributed by atoms with van der Waals surface area (Å²) in [6.07, 6.45) is 15.0. The number of ether oxygens (including phenoxy) is 2. The normalized spacial score (nSPS) is 25.5. The van der Waals surface area contributed by atoms with Crippen LogP contribution in [0.1, 0.15) is 101 Å². The number of aryl methyl sites for hydroxylation is 2. The van der Waals surface area contributed by atoms with Gasteiger partial charge < -0.3 is 9.47 Å². The van der Waals surface area contributed by atoms with Crippen LogP contribution in [0, 0.1) is 31.1 Å². The summed E-state index contributed by atoms with van der Waals surface area (Å²) in [5.41, 5.74) is 7.86. The van der Waals surface area contributed by atoms with Crippen molar-refractivity contribution in [1.82, 2.24) is 0 Å². The molecule has 5 rings (SSSR count). The Morgan fingerprint density at radius 3 is 1.82 bits per heavy atom. The van der Waals surface area contributed by atoms with Crippen molar-refractivity contribution in [3.05, 3.63) is 82.0 Å². The van der Waals surface area contributed by atoms with Gasteiger partial charge in [-0.1, -0.05) is 101 Å². The quantitative estimate of drug-likeness (QED) is 0.328. The minimum absolute atomic E-state index is 0.00403. The Labute approximate surface area is 231 Å². The largest absolute Gasteiger partial charge is 0.493 e. The maximum Gasteiger partial charge on any atom is 0.126 e. The number of fused-ring (bicyclic) bond motifs is 2. The highest BCUT2D eigenvalue weighted by molar-refractivity contribution is 5.54. The molecule has 0 aromatic heterocycles. The van der Waals surface area contributed by atoms with Gasteiger partial charge >= 0.3 is 0 Å². The fraction of sp³-hybridized carbons (Fsp3) is 0.556. The molecule has 1 heterocycles. The summed E-state index contributed by atoms with van der Waals surface area (Å²) in [5.74, 6) is 3.11. The molecule has 0 amide bonds. The topological polar surface area (TPSA) is 18.5 Å². The third-order valence-electron chi connectivity index (χ3n) is 9.16. The molecule has 38 heavy (non-hydrogen) atoms. The second-order valence-corrected chi connectivity index (χ2v) is 14.3. The summed E-state index contributed by atoms with van der Waals surface area (Å²) in [4.78, 5) is 0. The molecule has 2 aromatic rings. The van der Waals surface area contributed by atoms with Crippen molar-refractivity contribution in [3.63, 3.8) is 0 Å². The van der Waals surface area contributed by atoms with Crippen LogP contribution in [0.5, 0.6) is 11.5 Å². The van der Waals surface area contributed by atoms with Crippen LogP contribution in [0.25, 0.3) is 0 Å². The zero-order valence-electron chi connectivity index (χ0n) is 25.0. The molecule has 0 N–H and O–H groups in total. The van der Waals surface area contributed by atoms with E-state index in [-0.39, 0.29) is 16.2 Å². The highest BCUT2D eigenvalue weighted by Gasteiger charge is 2.45. The van der Waals surface area contributed by atoms with Crippen molar-refractivity contribution in [2.45, 2.75) is 98.3 Å². The van der Waals surface area contributed by atoms with Gasteiger partial charge in [0, 0.05) is 34.8 Å². The molecular weight excluding hydrogens is 464 g/mol. The van der Waals surface area contributed by atoms with Crippen molar-refractivity contribution in [2.75, 3.05) is 13.2 Å². The van der Waals surface area contributed by atoms with Crippen molar-refractivity contribution in [1.29, 1.82) is 0 Å². The smallest absolute Gasteiger partial charge is 0.126 e. The first kappa shape index (κ1) is 27.1. The van der Waals surface area contributed by atoms with Crippen molar-refractivity contribution < 1.29 is 9.47 Å². The summed E-state index contributed by atoms with van der Waals surface area (Å²) in [6.45, 7) is 19.8. The van der Waals surface area contributed by atoms with Gasteiger partial charge in [-0.3, -0.25) is 0 Å². The molecule has 0 radical (unpaired) electrons. The van der Waals surface area contributed by atoms with Gasteiger partial charge in [0.15, 0.2) is 0 Å². The lowest BCUT2D eigenvalue weighted by Gasteiger charge is -2.47. The van der Waals surface area contributed by atoms with Gasteiger partial charge in [0.25, 0.3) is 0 Å². The molecule has 0 saturated heterocycles. The van der Waals surface area contributed by atoms with E-state index in [4.69, 9.17) is 9.47 Å². The summed E-state index contributed by atoms with van der Waals surface area (Å²) >= 11 is 0. The van der Waals surface area contributed by atoms with Crippen LogP contribution < -0.4 is 9.47 Å². The average Bonchev–Trinajstić information content (AvgIpc) is 2.82. The van der Waals surface area contributed by atoms with E-state index in [1.54, 1.807) is 0 Å². The zero-order valence-corrected chi connectivity index (χ0v) is 25.0. The fourth-order valence-corrected chi connectivity index (χ4v) is 7.09. The highest BCUT2D eigenvalue weighted by Crippen LogP contribution is 2.51. The first-order valence-electron chi connectivity index (χ1n) is 14.7. The van der Waals surface area contributed by atoms with Crippen LogP contribution >= 0.6 is 0 Å². The van der Waals surface area contributed by atoms with Crippen LogP contribution in [-0.2, 0) is 17.3 Å². The third-order valence-corrected chi connectivity index (χ3v) is 9.16. The first-order chi connectivity index (χ1) is 17.9. The summed E-state index contributed by atoms with van der Waals surface area (Å²) < 4.78 is 14.1. The van der Waals surface area contributed by atoms with Gasteiger partial charge in [0.2, 0.25) is 0 Å². The average molecular weight is 513 g/mol. The monoisotopic (exact) mass is 512 g/mol. The number of hydrogen-bond acceptors (Lipinski definition) is 2. The SMILES string of the molecule is Cc1cc2c(c(C(C)(C)C)c1)OCC1CC=CCC13C=CCCC3COc1c(cc(C)cc1C(C)(C)C)C2. The van der Waals surface area contributed by atoms with E-state index in [2.05, 4.69) is 104 Å². The minimum Gasteiger partial charge on any atom is -0.493 e. The van der Waals surface area contributed by atoms with Crippen LogP contribution in [-0.4, -0.2) is 13.2 Å². The molecule has 2 nitrogen and oxygen atoms in total. The van der Waals surface area contributed by atoms with Gasteiger partial charge in [-0.2, -0.15) is 0 Å². The fourth-order valence-electron chi connectivity index (χ4n) is 7.09. The Kier molecular flexibility index (Phi) is 7.08. The Hall–Kier alpha value is -2.48. The van der Waals surface area contributed by atoms with Crippen molar-refractivity contribution in [3.8, 4) is 11.5 Å². The lowest BCUT2D eigenvalue weighted by Crippen LogP contribution is -2.44. The lowest BCUT2D eigenvalue weighted by atomic mass is 9.59. The molecular formula is C36H48O2.